The maximum absolute atomic E-state index is 13.6. The van der Waals surface area contributed by atoms with Crippen molar-refractivity contribution in [1.29, 1.82) is 5.26 Å². The first-order chi connectivity index (χ1) is 9.11. The zero-order chi connectivity index (χ0) is 13.8. The number of rotatable bonds is 3. The molecule has 0 saturated carbocycles. The molecule has 0 aliphatic rings. The number of hydrogen-bond donors (Lipinski definition) is 1. The third-order valence-corrected chi connectivity index (χ3v) is 2.84. The predicted octanol–water partition coefficient (Wildman–Crippen LogP) is 4.01. The van der Waals surface area contributed by atoms with Gasteiger partial charge in [0.25, 0.3) is 0 Å². The minimum atomic E-state index is -0.563. The summed E-state index contributed by atoms with van der Waals surface area (Å²) in [7, 11) is 0. The van der Waals surface area contributed by atoms with Gasteiger partial charge in [-0.1, -0.05) is 18.2 Å². The van der Waals surface area contributed by atoms with E-state index in [9.17, 15) is 8.78 Å². The molecule has 19 heavy (non-hydrogen) atoms. The minimum absolute atomic E-state index is 0.0364. The molecular weight excluding hydrogens is 246 g/mol. The first-order valence-electron chi connectivity index (χ1n) is 5.82. The number of hydrogen-bond acceptors (Lipinski definition) is 2. The molecule has 0 aromatic heterocycles. The highest BCUT2D eigenvalue weighted by Crippen LogP contribution is 2.22. The summed E-state index contributed by atoms with van der Waals surface area (Å²) in [5, 5.41) is 11.8. The average molecular weight is 258 g/mol. The second-order valence-electron chi connectivity index (χ2n) is 4.19. The monoisotopic (exact) mass is 258 g/mol. The van der Waals surface area contributed by atoms with Crippen LogP contribution >= 0.6 is 0 Å². The highest BCUT2D eigenvalue weighted by molar-refractivity contribution is 5.51. The summed E-state index contributed by atoms with van der Waals surface area (Å²) in [5.41, 5.74) is 1.06. The van der Waals surface area contributed by atoms with Crippen molar-refractivity contribution in [2.24, 2.45) is 0 Å². The van der Waals surface area contributed by atoms with Gasteiger partial charge in [-0.15, -0.1) is 0 Å². The van der Waals surface area contributed by atoms with E-state index in [1.165, 1.54) is 24.3 Å². The van der Waals surface area contributed by atoms with Crippen LogP contribution < -0.4 is 5.32 Å². The molecule has 0 radical (unpaired) electrons. The Kier molecular flexibility index (Phi) is 3.76. The summed E-state index contributed by atoms with van der Waals surface area (Å²) in [4.78, 5) is 0. The van der Waals surface area contributed by atoms with Gasteiger partial charge in [0.2, 0.25) is 0 Å². The standard InChI is InChI=1S/C15H12F2N2/c1-10(13-4-2-3-5-15(13)17)19-12-6-7-14(16)11(8-12)9-18/h2-8,10,19H,1H3. The maximum atomic E-state index is 13.6. The van der Waals surface area contributed by atoms with E-state index in [2.05, 4.69) is 5.32 Å². The van der Waals surface area contributed by atoms with Crippen LogP contribution in [-0.2, 0) is 0 Å². The first kappa shape index (κ1) is 13.0. The van der Waals surface area contributed by atoms with E-state index >= 15 is 0 Å². The van der Waals surface area contributed by atoms with E-state index in [4.69, 9.17) is 5.26 Å². The zero-order valence-corrected chi connectivity index (χ0v) is 10.3. The molecule has 1 atom stereocenters. The molecule has 96 valence electrons. The second kappa shape index (κ2) is 5.49. The Morgan fingerprint density at radius 2 is 1.84 bits per heavy atom. The molecule has 2 rings (SSSR count). The zero-order valence-electron chi connectivity index (χ0n) is 10.3. The van der Waals surface area contributed by atoms with E-state index < -0.39 is 5.82 Å². The summed E-state index contributed by atoms with van der Waals surface area (Å²) < 4.78 is 26.8. The molecule has 2 aromatic carbocycles. The molecule has 1 unspecified atom stereocenters. The Morgan fingerprint density at radius 3 is 2.53 bits per heavy atom. The number of nitrogens with zero attached hydrogens (tertiary/aromatic N) is 1. The van der Waals surface area contributed by atoms with Crippen molar-refractivity contribution >= 4 is 5.69 Å². The third-order valence-electron chi connectivity index (χ3n) is 2.84. The summed E-state index contributed by atoms with van der Waals surface area (Å²) in [5.74, 6) is -0.864. The number of nitriles is 1. The van der Waals surface area contributed by atoms with E-state index in [0.717, 1.165) is 0 Å². The number of anilines is 1. The van der Waals surface area contributed by atoms with Crippen molar-refractivity contribution in [3.63, 3.8) is 0 Å². The van der Waals surface area contributed by atoms with Crippen molar-refractivity contribution in [3.8, 4) is 6.07 Å². The lowest BCUT2D eigenvalue weighted by Gasteiger charge is -2.16. The molecule has 0 aliphatic heterocycles. The first-order valence-corrected chi connectivity index (χ1v) is 5.82. The largest absolute Gasteiger partial charge is 0.378 e. The van der Waals surface area contributed by atoms with E-state index in [1.807, 2.05) is 0 Å². The van der Waals surface area contributed by atoms with Crippen LogP contribution in [0.4, 0.5) is 14.5 Å². The van der Waals surface area contributed by atoms with Gasteiger partial charge in [0, 0.05) is 11.3 Å². The third kappa shape index (κ3) is 2.89. The number of nitrogens with one attached hydrogen (secondary N) is 1. The molecule has 2 aromatic rings. The summed E-state index contributed by atoms with van der Waals surface area (Å²) in [6.07, 6.45) is 0. The number of halogens is 2. The highest BCUT2D eigenvalue weighted by Gasteiger charge is 2.11. The van der Waals surface area contributed by atoms with Crippen molar-refractivity contribution in [3.05, 3.63) is 65.2 Å². The molecule has 0 fully saturated rings. The van der Waals surface area contributed by atoms with Gasteiger partial charge in [0.05, 0.1) is 11.6 Å². The molecule has 4 heteroatoms. The molecule has 0 aliphatic carbocycles. The van der Waals surface area contributed by atoms with Gasteiger partial charge < -0.3 is 5.32 Å². The van der Waals surface area contributed by atoms with Crippen LogP contribution in [0, 0.1) is 23.0 Å². The fourth-order valence-electron chi connectivity index (χ4n) is 1.85. The van der Waals surface area contributed by atoms with Crippen molar-refractivity contribution < 1.29 is 8.78 Å². The molecule has 1 N–H and O–H groups in total. The van der Waals surface area contributed by atoms with Crippen molar-refractivity contribution in [1.82, 2.24) is 0 Å². The molecule has 0 spiro atoms. The average Bonchev–Trinajstić information content (AvgIpc) is 2.41. The van der Waals surface area contributed by atoms with Crippen LogP contribution in [-0.4, -0.2) is 0 Å². The second-order valence-corrected chi connectivity index (χ2v) is 4.19. The quantitative estimate of drug-likeness (QED) is 0.902. The molecule has 0 heterocycles. The van der Waals surface area contributed by atoms with Gasteiger partial charge in [0.15, 0.2) is 0 Å². The Morgan fingerprint density at radius 1 is 1.11 bits per heavy atom. The van der Waals surface area contributed by atoms with Crippen LogP contribution in [0.2, 0.25) is 0 Å². The van der Waals surface area contributed by atoms with Gasteiger partial charge in [-0.3, -0.25) is 0 Å². The highest BCUT2D eigenvalue weighted by atomic mass is 19.1. The SMILES string of the molecule is CC(Nc1ccc(F)c(C#N)c1)c1ccccc1F. The maximum Gasteiger partial charge on any atom is 0.141 e. The molecule has 2 nitrogen and oxygen atoms in total. The van der Waals surface area contributed by atoms with Gasteiger partial charge in [0.1, 0.15) is 17.7 Å². The van der Waals surface area contributed by atoms with Crippen LogP contribution in [0.25, 0.3) is 0 Å². The fourth-order valence-corrected chi connectivity index (χ4v) is 1.85. The Hall–Kier alpha value is -2.41. The molecular formula is C15H12F2N2. The van der Waals surface area contributed by atoms with Gasteiger partial charge in [-0.2, -0.15) is 5.26 Å². The van der Waals surface area contributed by atoms with Crippen molar-refractivity contribution in [2.75, 3.05) is 5.32 Å². The Bertz CT molecular complexity index is 632. The summed E-state index contributed by atoms with van der Waals surface area (Å²) in [6.45, 7) is 1.80. The number of benzene rings is 2. The van der Waals surface area contributed by atoms with Gasteiger partial charge in [-0.25, -0.2) is 8.78 Å². The molecule has 0 saturated heterocycles. The normalized spacial score (nSPS) is 11.7. The lowest BCUT2D eigenvalue weighted by molar-refractivity contribution is 0.600. The van der Waals surface area contributed by atoms with Crippen LogP contribution in [0.15, 0.2) is 42.5 Å². The minimum Gasteiger partial charge on any atom is -0.378 e. The van der Waals surface area contributed by atoms with E-state index in [1.54, 1.807) is 31.2 Å². The molecule has 0 bridgehead atoms. The fraction of sp³-hybridized carbons (Fsp3) is 0.133. The molecule has 0 amide bonds. The lowest BCUT2D eigenvalue weighted by Crippen LogP contribution is -2.08. The van der Waals surface area contributed by atoms with Gasteiger partial charge in [-0.05, 0) is 31.2 Å². The van der Waals surface area contributed by atoms with Crippen molar-refractivity contribution in [2.45, 2.75) is 13.0 Å². The lowest BCUT2D eigenvalue weighted by atomic mass is 10.1. The van der Waals surface area contributed by atoms with Crippen LogP contribution in [0.5, 0.6) is 0 Å². The van der Waals surface area contributed by atoms with E-state index in [0.29, 0.717) is 11.3 Å². The Balaban J connectivity index is 2.22. The summed E-state index contributed by atoms with van der Waals surface area (Å²) >= 11 is 0. The predicted molar refractivity (Wildman–Crippen MR) is 69.6 cm³/mol. The van der Waals surface area contributed by atoms with E-state index in [-0.39, 0.29) is 17.4 Å². The smallest absolute Gasteiger partial charge is 0.141 e. The Labute approximate surface area is 110 Å². The van der Waals surface area contributed by atoms with Crippen LogP contribution in [0.1, 0.15) is 24.1 Å². The van der Waals surface area contributed by atoms with Gasteiger partial charge >= 0.3 is 0 Å². The summed E-state index contributed by atoms with van der Waals surface area (Å²) in [6, 6.07) is 12.1. The van der Waals surface area contributed by atoms with Crippen LogP contribution in [0.3, 0.4) is 0 Å². The topological polar surface area (TPSA) is 35.8 Å².